The van der Waals surface area contributed by atoms with Gasteiger partial charge in [0.15, 0.2) is 11.0 Å². The van der Waals surface area contributed by atoms with Crippen LogP contribution >= 0.6 is 11.8 Å². The average molecular weight is 292 g/mol. The van der Waals surface area contributed by atoms with Crippen molar-refractivity contribution in [3.8, 4) is 0 Å². The van der Waals surface area contributed by atoms with Crippen molar-refractivity contribution in [2.75, 3.05) is 11.1 Å². The summed E-state index contributed by atoms with van der Waals surface area (Å²) in [4.78, 5) is 11.9. The van der Waals surface area contributed by atoms with Crippen molar-refractivity contribution in [1.29, 1.82) is 0 Å². The molecular weight excluding hydrogens is 276 g/mol. The molecule has 0 aliphatic heterocycles. The first-order chi connectivity index (χ1) is 9.76. The van der Waals surface area contributed by atoms with E-state index in [0.29, 0.717) is 17.6 Å². The van der Waals surface area contributed by atoms with Crippen molar-refractivity contribution >= 4 is 23.5 Å². The number of carbonyl (C=O) groups is 1. The van der Waals surface area contributed by atoms with Gasteiger partial charge >= 0.3 is 0 Å². The molecule has 1 fully saturated rings. The van der Waals surface area contributed by atoms with Gasteiger partial charge in [0.2, 0.25) is 5.91 Å². The molecule has 0 saturated heterocycles. The number of H-pyrrole nitrogens is 1. The predicted molar refractivity (Wildman–Crippen MR) is 75.6 cm³/mol. The maximum absolute atomic E-state index is 11.9. The lowest BCUT2D eigenvalue weighted by molar-refractivity contribution is -0.113. The fraction of sp³-hybridized carbons (Fsp3) is 0.500. The fourth-order valence-electron chi connectivity index (χ4n) is 1.85. The summed E-state index contributed by atoms with van der Waals surface area (Å²) in [6, 6.07) is 2.36. The van der Waals surface area contributed by atoms with Gasteiger partial charge in [-0.1, -0.05) is 18.7 Å². The van der Waals surface area contributed by atoms with E-state index in [2.05, 4.69) is 25.7 Å². The molecule has 1 aliphatic rings. The second-order valence-corrected chi connectivity index (χ2v) is 5.66. The Hall–Kier alpha value is -1.83. The van der Waals surface area contributed by atoms with Crippen LogP contribution in [0.2, 0.25) is 0 Å². The highest BCUT2D eigenvalue weighted by Gasteiger charge is 2.26. The van der Waals surface area contributed by atoms with Gasteiger partial charge in [-0.15, -0.1) is 10.2 Å². The minimum Gasteiger partial charge on any atom is -0.308 e. The van der Waals surface area contributed by atoms with E-state index in [1.165, 1.54) is 24.6 Å². The van der Waals surface area contributed by atoms with Gasteiger partial charge in [0, 0.05) is 17.8 Å². The maximum atomic E-state index is 11.9. The summed E-state index contributed by atoms with van der Waals surface area (Å²) in [6.07, 6.45) is 4.94. The molecule has 20 heavy (non-hydrogen) atoms. The Morgan fingerprint density at radius 2 is 2.45 bits per heavy atom. The number of thioether (sulfide) groups is 1. The summed E-state index contributed by atoms with van der Waals surface area (Å²) in [5.41, 5.74) is 1.00. The lowest BCUT2D eigenvalue weighted by Gasteiger charge is -2.03. The average Bonchev–Trinajstić information content (AvgIpc) is 3.01. The van der Waals surface area contributed by atoms with Crippen molar-refractivity contribution in [1.82, 2.24) is 25.0 Å². The van der Waals surface area contributed by atoms with Gasteiger partial charge in [-0.25, -0.2) is 0 Å². The molecule has 106 valence electrons. The molecule has 0 atom stereocenters. The number of nitrogens with zero attached hydrogens (tertiary/aromatic N) is 4. The summed E-state index contributed by atoms with van der Waals surface area (Å²) in [5, 5.41) is 18.4. The van der Waals surface area contributed by atoms with Gasteiger partial charge in [-0.05, 0) is 19.3 Å². The van der Waals surface area contributed by atoms with Crippen molar-refractivity contribution < 1.29 is 4.79 Å². The molecule has 2 N–H and O–H groups in total. The first-order valence-electron chi connectivity index (χ1n) is 6.62. The van der Waals surface area contributed by atoms with E-state index in [1.807, 2.05) is 17.6 Å². The number of amides is 1. The zero-order chi connectivity index (χ0) is 13.9. The molecule has 0 spiro atoms. The predicted octanol–water partition coefficient (Wildman–Crippen LogP) is 1.63. The Labute approximate surface area is 120 Å². The summed E-state index contributed by atoms with van der Waals surface area (Å²) < 4.78 is 2.04. The molecule has 7 nitrogen and oxygen atoms in total. The first kappa shape index (κ1) is 13.2. The Morgan fingerprint density at radius 3 is 3.15 bits per heavy atom. The highest BCUT2D eigenvalue weighted by Crippen LogP contribution is 2.37. The smallest absolute Gasteiger partial charge is 0.236 e. The SMILES string of the molecule is CCc1cc(NC(=O)CSc2nncn2C2CC2)n[nH]1. The number of anilines is 1. The zero-order valence-corrected chi connectivity index (χ0v) is 12.0. The summed E-state index contributed by atoms with van der Waals surface area (Å²) in [7, 11) is 0. The number of rotatable bonds is 6. The van der Waals surface area contributed by atoms with Gasteiger partial charge in [0.1, 0.15) is 6.33 Å². The van der Waals surface area contributed by atoms with Crippen LogP contribution in [-0.4, -0.2) is 36.6 Å². The molecule has 8 heteroatoms. The van der Waals surface area contributed by atoms with Crippen molar-refractivity contribution in [3.05, 3.63) is 18.1 Å². The van der Waals surface area contributed by atoms with Gasteiger partial charge in [0.25, 0.3) is 0 Å². The lowest BCUT2D eigenvalue weighted by Crippen LogP contribution is -2.14. The van der Waals surface area contributed by atoms with Crippen LogP contribution in [0.15, 0.2) is 17.6 Å². The molecule has 3 rings (SSSR count). The second-order valence-electron chi connectivity index (χ2n) is 4.72. The zero-order valence-electron chi connectivity index (χ0n) is 11.2. The number of hydrogen-bond acceptors (Lipinski definition) is 5. The molecule has 0 aromatic carbocycles. The third-order valence-corrected chi connectivity index (χ3v) is 4.05. The highest BCUT2D eigenvalue weighted by atomic mass is 32.2. The van der Waals surface area contributed by atoms with E-state index in [4.69, 9.17) is 0 Å². The quantitative estimate of drug-likeness (QED) is 0.790. The number of aromatic nitrogens is 5. The van der Waals surface area contributed by atoms with E-state index < -0.39 is 0 Å². The molecule has 2 heterocycles. The van der Waals surface area contributed by atoms with Crippen molar-refractivity contribution in [2.24, 2.45) is 0 Å². The number of aryl methyl sites for hydroxylation is 1. The fourth-order valence-corrected chi connectivity index (χ4v) is 2.64. The van der Waals surface area contributed by atoms with Crippen LogP contribution in [0.1, 0.15) is 31.5 Å². The minimum absolute atomic E-state index is 0.0884. The number of nitrogens with one attached hydrogen (secondary N) is 2. The van der Waals surface area contributed by atoms with Crippen LogP contribution in [0.3, 0.4) is 0 Å². The second kappa shape index (κ2) is 5.66. The molecule has 0 unspecified atom stereocenters. The van der Waals surface area contributed by atoms with Gasteiger partial charge < -0.3 is 9.88 Å². The Kier molecular flexibility index (Phi) is 3.72. The molecule has 1 aliphatic carbocycles. The number of carbonyl (C=O) groups excluding carboxylic acids is 1. The molecule has 1 saturated carbocycles. The van der Waals surface area contributed by atoms with Crippen molar-refractivity contribution in [3.63, 3.8) is 0 Å². The Bertz CT molecular complexity index is 603. The lowest BCUT2D eigenvalue weighted by atomic mass is 10.3. The largest absolute Gasteiger partial charge is 0.308 e. The van der Waals surface area contributed by atoms with E-state index in [1.54, 1.807) is 6.33 Å². The van der Waals surface area contributed by atoms with Crippen LogP contribution in [-0.2, 0) is 11.2 Å². The van der Waals surface area contributed by atoms with E-state index in [-0.39, 0.29) is 5.91 Å². The van der Waals surface area contributed by atoms with E-state index in [9.17, 15) is 4.79 Å². The van der Waals surface area contributed by atoms with Crippen LogP contribution in [0.25, 0.3) is 0 Å². The van der Waals surface area contributed by atoms with Crippen molar-refractivity contribution in [2.45, 2.75) is 37.4 Å². The third kappa shape index (κ3) is 3.01. The summed E-state index contributed by atoms with van der Waals surface area (Å²) in [6.45, 7) is 2.03. The standard InChI is InChI=1S/C12H16N6OS/c1-2-8-5-10(16-15-8)14-11(19)6-20-12-17-13-7-18(12)9-3-4-9/h5,7,9H,2-4,6H2,1H3,(H2,14,15,16,19). The van der Waals surface area contributed by atoms with E-state index >= 15 is 0 Å². The topological polar surface area (TPSA) is 88.5 Å². The third-order valence-electron chi connectivity index (χ3n) is 3.09. The Morgan fingerprint density at radius 1 is 1.60 bits per heavy atom. The molecule has 0 bridgehead atoms. The highest BCUT2D eigenvalue weighted by molar-refractivity contribution is 7.99. The van der Waals surface area contributed by atoms with Crippen LogP contribution in [0.4, 0.5) is 5.82 Å². The summed E-state index contributed by atoms with van der Waals surface area (Å²) >= 11 is 1.40. The van der Waals surface area contributed by atoms with Gasteiger partial charge in [-0.3, -0.25) is 9.89 Å². The van der Waals surface area contributed by atoms with Crippen LogP contribution in [0, 0.1) is 0 Å². The molecular formula is C12H16N6OS. The number of aromatic amines is 1. The first-order valence-corrected chi connectivity index (χ1v) is 7.61. The molecule has 1 amide bonds. The van der Waals surface area contributed by atoms with Gasteiger partial charge in [0.05, 0.1) is 5.75 Å². The Balaban J connectivity index is 1.52. The van der Waals surface area contributed by atoms with E-state index in [0.717, 1.165) is 17.3 Å². The van der Waals surface area contributed by atoms with Gasteiger partial charge in [-0.2, -0.15) is 5.10 Å². The summed E-state index contributed by atoms with van der Waals surface area (Å²) in [5.74, 6) is 0.783. The molecule has 2 aromatic heterocycles. The number of hydrogen-bond donors (Lipinski definition) is 2. The maximum Gasteiger partial charge on any atom is 0.236 e. The van der Waals surface area contributed by atoms with Crippen LogP contribution in [0.5, 0.6) is 0 Å². The van der Waals surface area contributed by atoms with Crippen LogP contribution < -0.4 is 5.32 Å². The minimum atomic E-state index is -0.0884. The monoisotopic (exact) mass is 292 g/mol. The molecule has 2 aromatic rings. The molecule has 0 radical (unpaired) electrons. The normalized spacial score (nSPS) is 14.4.